The molecule has 0 atom stereocenters. The molecule has 0 saturated carbocycles. The van der Waals surface area contributed by atoms with Gasteiger partial charge in [-0.05, 0) is 0 Å². The number of carboxylic acids is 1. The van der Waals surface area contributed by atoms with E-state index in [0.717, 1.165) is 0 Å². The molecule has 0 heterocycles. The lowest BCUT2D eigenvalue weighted by molar-refractivity contribution is -0.142. The average Bonchev–Trinajstić information content (AvgIpc) is 2.24. The monoisotopic (exact) mass is 286 g/mol. The van der Waals surface area contributed by atoms with Gasteiger partial charge >= 0.3 is 5.97 Å². The van der Waals surface area contributed by atoms with Crippen molar-refractivity contribution in [2.24, 2.45) is 16.7 Å². The maximum atomic E-state index is 11.7. The van der Waals surface area contributed by atoms with Crippen LogP contribution in [0.2, 0.25) is 0 Å². The number of carbonyl (C=O) groups excluding carboxylic acids is 2. The van der Waals surface area contributed by atoms with Gasteiger partial charge in [-0.2, -0.15) is 0 Å². The Morgan fingerprint density at radius 2 is 1.15 bits per heavy atom. The molecule has 6 nitrogen and oxygen atoms in total. The Bertz CT molecular complexity index is 348. The molecule has 0 aliphatic heterocycles. The van der Waals surface area contributed by atoms with Gasteiger partial charge in [0.15, 0.2) is 0 Å². The number of carbonyl (C=O) groups is 3. The summed E-state index contributed by atoms with van der Waals surface area (Å²) in [6.45, 7) is 10.5. The van der Waals surface area contributed by atoms with Gasteiger partial charge in [-0.3, -0.25) is 14.4 Å². The van der Waals surface area contributed by atoms with Crippen LogP contribution in [0.15, 0.2) is 0 Å². The fourth-order valence-corrected chi connectivity index (χ4v) is 1.21. The highest BCUT2D eigenvalue weighted by atomic mass is 16.4. The van der Waals surface area contributed by atoms with Crippen LogP contribution < -0.4 is 10.6 Å². The number of amides is 2. The predicted octanol–water partition coefficient (Wildman–Crippen LogP) is 1.01. The van der Waals surface area contributed by atoms with E-state index in [2.05, 4.69) is 10.6 Å². The summed E-state index contributed by atoms with van der Waals surface area (Å²) in [7, 11) is 0. The van der Waals surface area contributed by atoms with E-state index in [1.165, 1.54) is 0 Å². The predicted molar refractivity (Wildman–Crippen MR) is 76.1 cm³/mol. The summed E-state index contributed by atoms with van der Waals surface area (Å²) in [5.74, 6) is -2.32. The van der Waals surface area contributed by atoms with Crippen molar-refractivity contribution in [2.75, 3.05) is 13.1 Å². The molecule has 20 heavy (non-hydrogen) atoms. The second-order valence-corrected chi connectivity index (χ2v) is 6.96. The second-order valence-electron chi connectivity index (χ2n) is 6.96. The Labute approximate surface area is 120 Å². The van der Waals surface area contributed by atoms with Gasteiger partial charge in [0.25, 0.3) is 0 Å². The summed E-state index contributed by atoms with van der Waals surface area (Å²) in [6.07, 6.45) is 0. The van der Waals surface area contributed by atoms with Crippen molar-refractivity contribution >= 4 is 17.8 Å². The van der Waals surface area contributed by atoms with Gasteiger partial charge in [0.2, 0.25) is 11.8 Å². The molecular formula is C14H26N2O4. The summed E-state index contributed by atoms with van der Waals surface area (Å²) >= 11 is 0. The largest absolute Gasteiger partial charge is 0.481 e. The molecule has 6 heteroatoms. The normalized spacial score (nSPS) is 12.2. The standard InChI is InChI=1S/C14H26N2O4/c1-13(2,3)11(19)15-7-9(10(17)18)8-16-12(20)14(4,5)6/h9H,7-8H2,1-6H3,(H,15,19)(H,16,20)(H,17,18). The maximum absolute atomic E-state index is 11.7. The van der Waals surface area contributed by atoms with Crippen molar-refractivity contribution in [3.05, 3.63) is 0 Å². The zero-order valence-electron chi connectivity index (χ0n) is 13.2. The van der Waals surface area contributed by atoms with Crippen LogP contribution in [0.5, 0.6) is 0 Å². The van der Waals surface area contributed by atoms with Crippen molar-refractivity contribution in [1.82, 2.24) is 10.6 Å². The van der Waals surface area contributed by atoms with Crippen LogP contribution in [0.25, 0.3) is 0 Å². The molecule has 0 spiro atoms. The molecular weight excluding hydrogens is 260 g/mol. The van der Waals surface area contributed by atoms with Gasteiger partial charge in [0.05, 0.1) is 5.92 Å². The van der Waals surface area contributed by atoms with E-state index in [9.17, 15) is 14.4 Å². The lowest BCUT2D eigenvalue weighted by atomic mass is 9.94. The summed E-state index contributed by atoms with van der Waals surface area (Å²) in [4.78, 5) is 34.5. The van der Waals surface area contributed by atoms with Crippen LogP contribution in [0, 0.1) is 16.7 Å². The SMILES string of the molecule is CC(C)(C)C(=O)NCC(CNC(=O)C(C)(C)C)C(=O)O. The molecule has 0 fully saturated rings. The van der Waals surface area contributed by atoms with Crippen LogP contribution >= 0.6 is 0 Å². The second kappa shape index (κ2) is 6.72. The molecule has 0 aromatic heterocycles. The Morgan fingerprint density at radius 3 is 1.35 bits per heavy atom. The molecule has 0 radical (unpaired) electrons. The van der Waals surface area contributed by atoms with Crippen molar-refractivity contribution in [3.8, 4) is 0 Å². The highest BCUT2D eigenvalue weighted by Crippen LogP contribution is 2.14. The first-order chi connectivity index (χ1) is 8.85. The van der Waals surface area contributed by atoms with E-state index in [1.807, 2.05) is 0 Å². The quantitative estimate of drug-likeness (QED) is 0.703. The molecule has 3 N–H and O–H groups in total. The van der Waals surface area contributed by atoms with Crippen LogP contribution in [-0.2, 0) is 14.4 Å². The molecule has 0 unspecified atom stereocenters. The van der Waals surface area contributed by atoms with Gasteiger partial charge in [-0.25, -0.2) is 0 Å². The Balaban J connectivity index is 4.44. The molecule has 2 amide bonds. The minimum absolute atomic E-state index is 0.00411. The van der Waals surface area contributed by atoms with E-state index in [0.29, 0.717) is 0 Å². The van der Waals surface area contributed by atoms with Crippen LogP contribution in [0.1, 0.15) is 41.5 Å². The third-order valence-electron chi connectivity index (χ3n) is 2.73. The number of carboxylic acid groups (broad SMARTS) is 1. The molecule has 0 aromatic rings. The molecule has 0 aromatic carbocycles. The van der Waals surface area contributed by atoms with E-state index in [4.69, 9.17) is 5.11 Å². The highest BCUT2D eigenvalue weighted by molar-refractivity contribution is 5.83. The third-order valence-corrected chi connectivity index (χ3v) is 2.73. The fourth-order valence-electron chi connectivity index (χ4n) is 1.21. The number of hydrogen-bond acceptors (Lipinski definition) is 3. The maximum Gasteiger partial charge on any atom is 0.310 e. The van der Waals surface area contributed by atoms with Crippen molar-refractivity contribution < 1.29 is 19.5 Å². The zero-order chi connectivity index (χ0) is 16.1. The first-order valence-electron chi connectivity index (χ1n) is 6.65. The fraction of sp³-hybridized carbons (Fsp3) is 0.786. The van der Waals surface area contributed by atoms with Gasteiger partial charge in [-0.1, -0.05) is 41.5 Å². The van der Waals surface area contributed by atoms with E-state index in [1.54, 1.807) is 41.5 Å². The summed E-state index contributed by atoms with van der Waals surface area (Å²) in [6, 6.07) is 0. The van der Waals surface area contributed by atoms with E-state index >= 15 is 0 Å². The molecule has 0 aliphatic rings. The van der Waals surface area contributed by atoms with Crippen LogP contribution in [-0.4, -0.2) is 36.0 Å². The summed E-state index contributed by atoms with van der Waals surface area (Å²) in [5.41, 5.74) is -1.14. The first kappa shape index (κ1) is 18.4. The Morgan fingerprint density at radius 1 is 0.850 bits per heavy atom. The van der Waals surface area contributed by atoms with Crippen LogP contribution in [0.4, 0.5) is 0 Å². The van der Waals surface area contributed by atoms with Gasteiger partial charge in [-0.15, -0.1) is 0 Å². The minimum Gasteiger partial charge on any atom is -0.481 e. The van der Waals surface area contributed by atoms with Gasteiger partial charge < -0.3 is 15.7 Å². The number of rotatable bonds is 5. The van der Waals surface area contributed by atoms with Gasteiger partial charge in [0.1, 0.15) is 0 Å². The third kappa shape index (κ3) is 6.54. The Hall–Kier alpha value is -1.59. The Kier molecular flexibility index (Phi) is 6.19. The van der Waals surface area contributed by atoms with Crippen molar-refractivity contribution in [3.63, 3.8) is 0 Å². The van der Waals surface area contributed by atoms with Gasteiger partial charge in [0, 0.05) is 23.9 Å². The van der Waals surface area contributed by atoms with E-state index < -0.39 is 22.7 Å². The summed E-state index contributed by atoms with van der Waals surface area (Å²) in [5, 5.41) is 14.3. The molecule has 116 valence electrons. The lowest BCUT2D eigenvalue weighted by Gasteiger charge is -2.22. The molecule has 0 aliphatic carbocycles. The number of hydrogen-bond donors (Lipinski definition) is 3. The number of nitrogens with one attached hydrogen (secondary N) is 2. The molecule has 0 rings (SSSR count). The first-order valence-corrected chi connectivity index (χ1v) is 6.65. The zero-order valence-corrected chi connectivity index (χ0v) is 13.2. The molecule has 0 saturated heterocycles. The smallest absolute Gasteiger partial charge is 0.310 e. The topological polar surface area (TPSA) is 95.5 Å². The van der Waals surface area contributed by atoms with Crippen molar-refractivity contribution in [2.45, 2.75) is 41.5 Å². The van der Waals surface area contributed by atoms with Crippen LogP contribution in [0.3, 0.4) is 0 Å². The van der Waals surface area contributed by atoms with Crippen molar-refractivity contribution in [1.29, 1.82) is 0 Å². The lowest BCUT2D eigenvalue weighted by Crippen LogP contribution is -2.45. The molecule has 0 bridgehead atoms. The van der Waals surface area contributed by atoms with E-state index in [-0.39, 0.29) is 24.9 Å². The minimum atomic E-state index is -1.05. The summed E-state index contributed by atoms with van der Waals surface area (Å²) < 4.78 is 0. The highest BCUT2D eigenvalue weighted by Gasteiger charge is 2.26. The average molecular weight is 286 g/mol. The number of aliphatic carboxylic acids is 1.